The topological polar surface area (TPSA) is 80.7 Å². The fourth-order valence-corrected chi connectivity index (χ4v) is 2.60. The second-order valence-corrected chi connectivity index (χ2v) is 5.85. The van der Waals surface area contributed by atoms with Gasteiger partial charge in [-0.3, -0.25) is 4.55 Å². The van der Waals surface area contributed by atoms with Crippen LogP contribution in [-0.4, -0.2) is 26.0 Å². The minimum atomic E-state index is -4.46. The number of hydrogen-bond acceptors (Lipinski definition) is 4. The Hall–Kier alpha value is -2.44. The van der Waals surface area contributed by atoms with Crippen molar-refractivity contribution < 1.29 is 22.5 Å². The van der Waals surface area contributed by atoms with Gasteiger partial charge in [0.1, 0.15) is 4.90 Å². The zero-order valence-corrected chi connectivity index (χ0v) is 12.6. The van der Waals surface area contributed by atoms with E-state index >= 15 is 0 Å². The molecule has 5 nitrogen and oxygen atoms in total. The Bertz CT molecular complexity index is 808. The molecule has 0 atom stereocenters. The summed E-state index contributed by atoms with van der Waals surface area (Å²) in [5.41, 5.74) is 1.20. The third-order valence-corrected chi connectivity index (χ3v) is 3.88. The summed E-state index contributed by atoms with van der Waals surface area (Å²) in [6, 6.07) is 13.2. The van der Waals surface area contributed by atoms with Crippen molar-refractivity contribution in [3.8, 4) is 0 Å². The molecule has 0 amide bonds. The molecule has 0 spiro atoms. The summed E-state index contributed by atoms with van der Waals surface area (Å²) in [6.07, 6.45) is 3.27. The Kier molecular flexibility index (Phi) is 4.75. The predicted molar refractivity (Wildman–Crippen MR) is 83.0 cm³/mol. The third-order valence-electron chi connectivity index (χ3n) is 2.97. The van der Waals surface area contributed by atoms with Gasteiger partial charge in [0.2, 0.25) is 0 Å². The molecule has 0 aromatic heterocycles. The summed E-state index contributed by atoms with van der Waals surface area (Å²) in [5.74, 6) is -0.677. The quantitative estimate of drug-likeness (QED) is 0.532. The Morgan fingerprint density at radius 3 is 2.36 bits per heavy atom. The highest BCUT2D eigenvalue weighted by Gasteiger charge is 2.17. The summed E-state index contributed by atoms with van der Waals surface area (Å²) in [7, 11) is -3.27. The Labute approximate surface area is 128 Å². The number of ether oxygens (including phenoxy) is 1. The molecule has 0 saturated heterocycles. The normalized spacial score (nSPS) is 11.5. The van der Waals surface area contributed by atoms with E-state index in [1.54, 1.807) is 12.2 Å². The maximum absolute atomic E-state index is 11.5. The average molecular weight is 318 g/mol. The minimum Gasteiger partial charge on any atom is -0.465 e. The molecule has 22 heavy (non-hydrogen) atoms. The molecule has 0 heterocycles. The lowest BCUT2D eigenvalue weighted by atomic mass is 10.1. The van der Waals surface area contributed by atoms with Crippen molar-refractivity contribution in [1.29, 1.82) is 0 Å². The van der Waals surface area contributed by atoms with E-state index in [2.05, 4.69) is 4.74 Å². The van der Waals surface area contributed by atoms with E-state index in [4.69, 9.17) is 0 Å². The van der Waals surface area contributed by atoms with Gasteiger partial charge in [0, 0.05) is 0 Å². The van der Waals surface area contributed by atoms with Crippen LogP contribution in [0.1, 0.15) is 21.5 Å². The third kappa shape index (κ3) is 3.81. The first-order valence-electron chi connectivity index (χ1n) is 6.35. The van der Waals surface area contributed by atoms with Crippen molar-refractivity contribution in [2.75, 3.05) is 7.11 Å². The van der Waals surface area contributed by atoms with Crippen molar-refractivity contribution in [3.05, 3.63) is 65.2 Å². The standard InChI is InChI=1S/C16H14O5S/c1-21-16(17)14-10-9-13(15(11-14)22(18,19)20)8-7-12-5-3-2-4-6-12/h2-11H,1H3,(H,18,19,20)/b8-7+. The van der Waals surface area contributed by atoms with E-state index in [-0.39, 0.29) is 16.0 Å². The van der Waals surface area contributed by atoms with Gasteiger partial charge in [-0.15, -0.1) is 0 Å². The first-order chi connectivity index (χ1) is 10.4. The molecular weight excluding hydrogens is 304 g/mol. The lowest BCUT2D eigenvalue weighted by Gasteiger charge is -2.06. The van der Waals surface area contributed by atoms with Crippen LogP contribution in [0.3, 0.4) is 0 Å². The van der Waals surface area contributed by atoms with Gasteiger partial charge in [0.15, 0.2) is 0 Å². The number of carbonyl (C=O) groups is 1. The fourth-order valence-electron chi connectivity index (χ4n) is 1.89. The van der Waals surface area contributed by atoms with Gasteiger partial charge in [-0.25, -0.2) is 4.79 Å². The van der Waals surface area contributed by atoms with E-state index in [0.29, 0.717) is 0 Å². The Morgan fingerprint density at radius 2 is 1.77 bits per heavy atom. The van der Waals surface area contributed by atoms with Crippen LogP contribution < -0.4 is 0 Å². The molecule has 0 fully saturated rings. The van der Waals surface area contributed by atoms with Crippen molar-refractivity contribution in [1.82, 2.24) is 0 Å². The molecule has 0 aliphatic heterocycles. The molecule has 0 aliphatic carbocycles. The average Bonchev–Trinajstić information content (AvgIpc) is 2.52. The number of hydrogen-bond donors (Lipinski definition) is 1. The molecule has 0 aliphatic rings. The van der Waals surface area contributed by atoms with E-state index in [1.807, 2.05) is 30.3 Å². The van der Waals surface area contributed by atoms with Crippen LogP contribution in [0.2, 0.25) is 0 Å². The molecular formula is C16H14O5S. The van der Waals surface area contributed by atoms with Crippen molar-refractivity contribution in [2.24, 2.45) is 0 Å². The van der Waals surface area contributed by atoms with Crippen molar-refractivity contribution >= 4 is 28.2 Å². The maximum Gasteiger partial charge on any atom is 0.337 e. The summed E-state index contributed by atoms with van der Waals surface area (Å²) >= 11 is 0. The number of esters is 1. The molecule has 6 heteroatoms. The Balaban J connectivity index is 2.47. The molecule has 0 saturated carbocycles. The van der Waals surface area contributed by atoms with Gasteiger partial charge in [-0.2, -0.15) is 8.42 Å². The van der Waals surface area contributed by atoms with E-state index < -0.39 is 16.1 Å². The fraction of sp³-hybridized carbons (Fsp3) is 0.0625. The number of carbonyl (C=O) groups excluding carboxylic acids is 1. The summed E-state index contributed by atoms with van der Waals surface area (Å²) in [5, 5.41) is 0. The van der Waals surface area contributed by atoms with Crippen molar-refractivity contribution in [2.45, 2.75) is 4.90 Å². The van der Waals surface area contributed by atoms with Gasteiger partial charge >= 0.3 is 5.97 Å². The highest BCUT2D eigenvalue weighted by molar-refractivity contribution is 7.86. The minimum absolute atomic E-state index is 0.0481. The van der Waals surface area contributed by atoms with Crippen LogP contribution in [0.25, 0.3) is 12.2 Å². The van der Waals surface area contributed by atoms with E-state index in [0.717, 1.165) is 11.6 Å². The number of methoxy groups -OCH3 is 1. The zero-order valence-electron chi connectivity index (χ0n) is 11.8. The summed E-state index contributed by atoms with van der Waals surface area (Å²) in [6.45, 7) is 0. The lowest BCUT2D eigenvalue weighted by Crippen LogP contribution is -2.06. The smallest absolute Gasteiger partial charge is 0.337 e. The number of benzene rings is 2. The van der Waals surface area contributed by atoms with Gasteiger partial charge in [-0.1, -0.05) is 48.6 Å². The summed E-state index contributed by atoms with van der Waals surface area (Å²) in [4.78, 5) is 11.1. The number of rotatable bonds is 4. The maximum atomic E-state index is 11.5. The SMILES string of the molecule is COC(=O)c1ccc(/C=C/c2ccccc2)c(S(=O)(=O)O)c1. The Morgan fingerprint density at radius 1 is 1.09 bits per heavy atom. The monoisotopic (exact) mass is 318 g/mol. The van der Waals surface area contributed by atoms with Crippen molar-refractivity contribution in [3.63, 3.8) is 0 Å². The van der Waals surface area contributed by atoms with Crippen LogP contribution in [0, 0.1) is 0 Å². The predicted octanol–water partition coefficient (Wildman–Crippen LogP) is 2.89. The second-order valence-electron chi connectivity index (χ2n) is 4.46. The highest BCUT2D eigenvalue weighted by Crippen LogP contribution is 2.21. The van der Waals surface area contributed by atoms with E-state index in [9.17, 15) is 17.8 Å². The van der Waals surface area contributed by atoms with Crippen LogP contribution in [0.4, 0.5) is 0 Å². The van der Waals surface area contributed by atoms with Crippen LogP contribution in [-0.2, 0) is 14.9 Å². The van der Waals surface area contributed by atoms with Gasteiger partial charge in [0.25, 0.3) is 10.1 Å². The van der Waals surface area contributed by atoms with Crippen LogP contribution >= 0.6 is 0 Å². The zero-order chi connectivity index (χ0) is 16.2. The first-order valence-corrected chi connectivity index (χ1v) is 7.79. The molecule has 0 bridgehead atoms. The van der Waals surface area contributed by atoms with Gasteiger partial charge < -0.3 is 4.74 Å². The van der Waals surface area contributed by atoms with E-state index in [1.165, 1.54) is 19.2 Å². The first kappa shape index (κ1) is 15.9. The molecule has 2 aromatic carbocycles. The molecule has 0 unspecified atom stereocenters. The largest absolute Gasteiger partial charge is 0.465 e. The molecule has 1 N–H and O–H groups in total. The van der Waals surface area contributed by atoms with Gasteiger partial charge in [-0.05, 0) is 23.3 Å². The summed E-state index contributed by atoms with van der Waals surface area (Å²) < 4.78 is 36.9. The molecule has 2 rings (SSSR count). The molecule has 2 aromatic rings. The molecule has 0 radical (unpaired) electrons. The van der Waals surface area contributed by atoms with Crippen LogP contribution in [0.5, 0.6) is 0 Å². The highest BCUT2D eigenvalue weighted by atomic mass is 32.2. The molecule has 114 valence electrons. The lowest BCUT2D eigenvalue weighted by molar-refractivity contribution is 0.0600. The second kappa shape index (κ2) is 6.55. The van der Waals surface area contributed by atoms with Gasteiger partial charge in [0.05, 0.1) is 12.7 Å². The van der Waals surface area contributed by atoms with Crippen LogP contribution in [0.15, 0.2) is 53.4 Å².